The molecule has 0 aromatic carbocycles. The first-order valence-corrected chi connectivity index (χ1v) is 44.2. The maximum Gasteiger partial charge on any atom is 0.246 e. The normalized spacial score (nSPS) is 13.0. The van der Waals surface area contributed by atoms with Gasteiger partial charge >= 0.3 is 0 Å². The summed E-state index contributed by atoms with van der Waals surface area (Å²) in [6.45, 7) is 29.4. The molecule has 31 nitrogen and oxygen atoms in total. The molecule has 0 radical (unpaired) electrons. The number of alkyl halides is 9. The van der Waals surface area contributed by atoms with E-state index in [0.29, 0.717) is 26.4 Å². The van der Waals surface area contributed by atoms with Gasteiger partial charge in [0.2, 0.25) is 65.0 Å². The van der Waals surface area contributed by atoms with E-state index in [1.807, 2.05) is 0 Å². The average Bonchev–Trinajstić information content (AvgIpc) is 0.833. The number of hydrogen-bond donors (Lipinski definition) is 11. The number of carbonyl (C=O) groups is 12. The molecule has 0 aromatic heterocycles. The fraction of sp³-hybridized carbons (Fsp3) is 0.811. The maximum absolute atomic E-state index is 14.5. The van der Waals surface area contributed by atoms with E-state index in [4.69, 9.17) is 37.9 Å². The van der Waals surface area contributed by atoms with E-state index in [1.165, 1.54) is 0 Å². The highest BCUT2D eigenvalue weighted by Crippen LogP contribution is 2.31. The summed E-state index contributed by atoms with van der Waals surface area (Å²) in [5.41, 5.74) is -5.36. The average molecular weight is 2210 g/mol. The Kier molecular flexibility index (Phi) is 50.4. The summed E-state index contributed by atoms with van der Waals surface area (Å²) < 4.78 is 38.0. The van der Waals surface area contributed by atoms with Crippen molar-refractivity contribution in [3.05, 3.63) is 12.7 Å². The number of ether oxygens (including phenoxy) is 8. The van der Waals surface area contributed by atoms with E-state index in [9.17, 15) is 57.5 Å². The van der Waals surface area contributed by atoms with Crippen LogP contribution in [0.2, 0.25) is 0 Å². The fourth-order valence-corrected chi connectivity index (χ4v) is 10.6. The third-order valence-corrected chi connectivity index (χ3v) is 20.2. The summed E-state index contributed by atoms with van der Waals surface area (Å²) in [6, 6.07) is 0. The summed E-state index contributed by atoms with van der Waals surface area (Å²) in [4.78, 5) is 165. The molecule has 660 valence electrons. The third-order valence-electron chi connectivity index (χ3n) is 16.9. The number of nitrogens with one attached hydrogen (secondary N) is 11. The molecule has 0 aromatic rings. The van der Waals surface area contributed by atoms with Crippen LogP contribution in [0.15, 0.2) is 12.7 Å². The van der Waals surface area contributed by atoms with E-state index < -0.39 is 145 Å². The predicted molar refractivity (Wildman–Crippen MR) is 471 cm³/mol. The van der Waals surface area contributed by atoms with Gasteiger partial charge in [-0.3, -0.25) is 57.5 Å². The number of carbonyl (C=O) groups excluding carboxylic acids is 12. The Bertz CT molecular complexity index is 2590. The van der Waals surface area contributed by atoms with Gasteiger partial charge in [-0.25, -0.2) is 0 Å². The van der Waals surface area contributed by atoms with Crippen LogP contribution in [0, 0.1) is 21.7 Å². The van der Waals surface area contributed by atoms with Crippen LogP contribution in [0.5, 0.6) is 0 Å². The first-order valence-electron chi connectivity index (χ1n) is 37.0. The topological polar surface area (TPSA) is 411 Å². The van der Waals surface area contributed by atoms with Gasteiger partial charge in [0.05, 0.1) is 125 Å². The number of halogens is 9. The minimum Gasteiger partial charge on any atom is -0.378 e. The van der Waals surface area contributed by atoms with E-state index in [0.717, 1.165) is 0 Å². The van der Waals surface area contributed by atoms with Crippen molar-refractivity contribution < 1.29 is 95.4 Å². The summed E-state index contributed by atoms with van der Waals surface area (Å²) in [5, 5.41) is 31.8. The van der Waals surface area contributed by atoms with Crippen LogP contribution in [-0.4, -0.2) is 287 Å². The SMILES string of the molecule is C=CCOCCOCCOCCOCCOCC(CNC(=O)COCC(CCC(=O)C(C)(C)Br)(CNC(=O)C(C)(C)Br)CNC(=O)C(C)(C)Br)(CNC(=O)COCC(CNC(=O)C(C)(C)Br)(CNC(=O)C(C)(C)Br)CNC(=O)C(C)(C)Br)CNC(=O)COCC(CNC(=O)C(C)(C)Br)(CNC(=O)C(C)(C)Br)CNC(=O)C(C)(C)Br. The van der Waals surface area contributed by atoms with Gasteiger partial charge in [-0.15, -0.1) is 6.58 Å². The van der Waals surface area contributed by atoms with Crippen molar-refractivity contribution in [1.29, 1.82) is 0 Å². The van der Waals surface area contributed by atoms with E-state index in [2.05, 4.69) is 208 Å². The second kappa shape index (κ2) is 51.5. The Morgan fingerprint density at radius 2 is 0.439 bits per heavy atom. The van der Waals surface area contributed by atoms with Gasteiger partial charge in [0.1, 0.15) is 25.6 Å². The molecular weight excluding hydrogens is 2080 g/mol. The molecule has 0 saturated heterocycles. The smallest absolute Gasteiger partial charge is 0.246 e. The summed E-state index contributed by atoms with van der Waals surface area (Å²) in [7, 11) is 0. The van der Waals surface area contributed by atoms with Gasteiger partial charge in [-0.1, -0.05) is 149 Å². The number of Topliss-reactive ketones (excluding diaryl/α,β-unsaturated/α-hetero) is 1. The Morgan fingerprint density at radius 3 is 0.649 bits per heavy atom. The molecule has 0 aliphatic rings. The third kappa shape index (κ3) is 48.9. The van der Waals surface area contributed by atoms with E-state index in [1.54, 1.807) is 131 Å². The first-order chi connectivity index (χ1) is 52.0. The van der Waals surface area contributed by atoms with Crippen LogP contribution >= 0.6 is 143 Å². The van der Waals surface area contributed by atoms with Gasteiger partial charge in [0, 0.05) is 100 Å². The van der Waals surface area contributed by atoms with Crippen molar-refractivity contribution in [3.63, 3.8) is 0 Å². The Balaban J connectivity index is 8.22. The molecule has 0 rings (SSSR count). The molecule has 0 aliphatic heterocycles. The molecule has 0 heterocycles. The number of hydrogen-bond acceptors (Lipinski definition) is 20. The molecule has 0 bridgehead atoms. The van der Waals surface area contributed by atoms with Crippen LogP contribution in [0.25, 0.3) is 0 Å². The number of ketones is 1. The molecular formula is C74H126Br9N11O20. The van der Waals surface area contributed by atoms with Gasteiger partial charge in [0.25, 0.3) is 0 Å². The Hall–Kier alpha value is -2.42. The van der Waals surface area contributed by atoms with Crippen LogP contribution in [0.1, 0.15) is 137 Å². The van der Waals surface area contributed by atoms with E-state index in [-0.39, 0.29) is 150 Å². The quantitative estimate of drug-likeness (QED) is 0.0177. The predicted octanol–water partition coefficient (Wildman–Crippen LogP) is 6.44. The van der Waals surface area contributed by atoms with Crippen molar-refractivity contribution in [2.75, 3.05) is 178 Å². The van der Waals surface area contributed by atoms with Crippen LogP contribution < -0.4 is 58.5 Å². The Labute approximate surface area is 749 Å². The molecule has 40 heteroatoms. The minimum atomic E-state index is -1.51. The lowest BCUT2D eigenvalue weighted by atomic mass is 9.81. The highest BCUT2D eigenvalue weighted by atomic mass is 79.9. The van der Waals surface area contributed by atoms with Crippen LogP contribution in [0.4, 0.5) is 0 Å². The van der Waals surface area contributed by atoms with Gasteiger partial charge in [-0.05, 0) is 131 Å². The summed E-state index contributed by atoms with van der Waals surface area (Å²) >= 11 is 30.6. The number of amides is 11. The maximum atomic E-state index is 14.5. The lowest BCUT2D eigenvalue weighted by Gasteiger charge is -2.37. The zero-order chi connectivity index (χ0) is 88.1. The zero-order valence-electron chi connectivity index (χ0n) is 69.4. The highest BCUT2D eigenvalue weighted by molar-refractivity contribution is 9.11. The first kappa shape index (κ1) is 112. The van der Waals surface area contributed by atoms with Gasteiger partial charge in [0.15, 0.2) is 0 Å². The van der Waals surface area contributed by atoms with Crippen LogP contribution in [-0.2, 0) is 95.4 Å². The molecule has 0 saturated carbocycles. The van der Waals surface area contributed by atoms with Crippen molar-refractivity contribution in [3.8, 4) is 0 Å². The number of rotatable bonds is 62. The lowest BCUT2D eigenvalue weighted by molar-refractivity contribution is -0.132. The Morgan fingerprint density at radius 1 is 0.254 bits per heavy atom. The molecule has 0 fully saturated rings. The molecule has 0 unspecified atom stereocenters. The largest absolute Gasteiger partial charge is 0.378 e. The lowest BCUT2D eigenvalue weighted by Crippen LogP contribution is -2.58. The van der Waals surface area contributed by atoms with Crippen molar-refractivity contribution in [2.24, 2.45) is 21.7 Å². The fourth-order valence-electron chi connectivity index (χ4n) is 9.26. The second-order valence-corrected chi connectivity index (χ2v) is 50.5. The van der Waals surface area contributed by atoms with Crippen molar-refractivity contribution in [1.82, 2.24) is 58.5 Å². The molecule has 0 aliphatic carbocycles. The van der Waals surface area contributed by atoms with Crippen molar-refractivity contribution in [2.45, 2.75) is 176 Å². The monoisotopic (exact) mass is 2200 g/mol. The molecule has 11 amide bonds. The summed E-state index contributed by atoms with van der Waals surface area (Å²) in [5.74, 6) is -5.88. The second-order valence-electron chi connectivity index (χ2n) is 32.7. The zero-order valence-corrected chi connectivity index (χ0v) is 83.6. The van der Waals surface area contributed by atoms with Gasteiger partial charge in [-0.2, -0.15) is 0 Å². The summed E-state index contributed by atoms with van der Waals surface area (Å²) in [6.07, 6.45) is 1.66. The standard InChI is InChI=1S/C74H126Br9N11O20/c1-20-23-107-24-25-108-26-27-109-28-29-110-30-31-111-47-72(37-84-51(96)32-112-46-71(22-21-50(95)62(2,3)75,35-87-54(99)63(4,5)76)36-88-55(100)64(6,7)77,38-85-52(97)33-113-48-73(40-89-56(101)65(8,9)78,41-90-57(102)66(10,11)79)42-91-58(103)67(12,13)80)39-86-53(98)34-114-49-74(43-92-59(104)68(14,15)81,44-93-60(105)69(16,17)82)45-94-61(106)70(18,19)83/h20H,1,21-49H2,2-19H3,(H,84,96)(H,85,97)(H,86,98)(H,87,99)(H,88,100)(H,89,101)(H,90,102)(H,91,103)(H,92,104)(H,93,105)(H,94,106). The minimum absolute atomic E-state index is 0.0197. The molecule has 0 atom stereocenters. The molecule has 11 N–H and O–H groups in total. The molecule has 114 heavy (non-hydrogen) atoms. The van der Waals surface area contributed by atoms with Crippen LogP contribution in [0.3, 0.4) is 0 Å². The van der Waals surface area contributed by atoms with Gasteiger partial charge < -0.3 is 96.4 Å². The van der Waals surface area contributed by atoms with Crippen molar-refractivity contribution >= 4 is 214 Å². The molecule has 0 spiro atoms. The van der Waals surface area contributed by atoms with E-state index >= 15 is 0 Å². The highest BCUT2D eigenvalue weighted by Gasteiger charge is 2.43.